The Kier molecular flexibility index (Phi) is 4.25. The monoisotopic (exact) mass is 384 g/mol. The smallest absolute Gasteiger partial charge is 0.231 e. The number of nitrogens with zero attached hydrogens (tertiary/aromatic N) is 2. The average molecular weight is 384 g/mol. The summed E-state index contributed by atoms with van der Waals surface area (Å²) in [6, 6.07) is 7.34. The highest BCUT2D eigenvalue weighted by Gasteiger charge is 2.48. The lowest BCUT2D eigenvalue weighted by molar-refractivity contribution is -0.120. The molecule has 3 aliphatic rings. The number of benzene rings is 1. The minimum atomic E-state index is -0.168. The molecule has 5 rings (SSSR count). The largest absolute Gasteiger partial charge is 0.454 e. The number of carbonyl (C=O) groups is 1. The zero-order chi connectivity index (χ0) is 19.1. The second-order valence-corrected chi connectivity index (χ2v) is 6.99. The first kappa shape index (κ1) is 17.2. The molecule has 9 nitrogen and oxygen atoms in total. The number of hydrogen-bond donors (Lipinski definition) is 2. The summed E-state index contributed by atoms with van der Waals surface area (Å²) in [5, 5.41) is 6.19. The Morgan fingerprint density at radius 2 is 1.86 bits per heavy atom. The standard InChI is InChI=1S/C19H20N4O5/c1-10(24)21-13-7-25-18-14(8-26-17(13)18)23-19-20-5-4-12(22-19)11-2-3-15-16(6-11)28-9-27-15/h2-6,13-14,17-18H,7-9H2,1H3,(H,21,24)(H,20,22,23)/t13-,14-,17+,18+/m0/s1. The van der Waals surface area contributed by atoms with Crippen LogP contribution in [0.15, 0.2) is 30.5 Å². The normalized spacial score (nSPS) is 27.5. The van der Waals surface area contributed by atoms with Crippen LogP contribution in [0.1, 0.15) is 6.92 Å². The number of rotatable bonds is 4. The van der Waals surface area contributed by atoms with Crippen LogP contribution in [-0.4, -0.2) is 60.2 Å². The first-order chi connectivity index (χ1) is 13.7. The Hall–Kier alpha value is -2.91. The molecule has 28 heavy (non-hydrogen) atoms. The molecular formula is C19H20N4O5. The summed E-state index contributed by atoms with van der Waals surface area (Å²) in [6.07, 6.45) is 1.38. The summed E-state index contributed by atoms with van der Waals surface area (Å²) in [4.78, 5) is 20.3. The van der Waals surface area contributed by atoms with E-state index in [0.717, 1.165) is 17.0 Å². The average Bonchev–Trinajstić information content (AvgIpc) is 3.40. The third-order valence-corrected chi connectivity index (χ3v) is 5.08. The highest BCUT2D eigenvalue weighted by atomic mass is 16.7. The number of ether oxygens (including phenoxy) is 4. The third-order valence-electron chi connectivity index (χ3n) is 5.08. The molecule has 3 aliphatic heterocycles. The molecule has 0 aliphatic carbocycles. The van der Waals surface area contributed by atoms with E-state index >= 15 is 0 Å². The summed E-state index contributed by atoms with van der Waals surface area (Å²) in [5.74, 6) is 1.85. The zero-order valence-corrected chi connectivity index (χ0v) is 15.3. The van der Waals surface area contributed by atoms with Crippen molar-refractivity contribution in [2.75, 3.05) is 25.3 Å². The fraction of sp³-hybridized carbons (Fsp3) is 0.421. The Labute approximate surface area is 161 Å². The van der Waals surface area contributed by atoms with Crippen LogP contribution in [-0.2, 0) is 14.3 Å². The van der Waals surface area contributed by atoms with Gasteiger partial charge in [-0.15, -0.1) is 0 Å². The molecule has 4 heterocycles. The van der Waals surface area contributed by atoms with Gasteiger partial charge in [-0.1, -0.05) is 0 Å². The molecule has 0 spiro atoms. The van der Waals surface area contributed by atoms with Gasteiger partial charge in [0.05, 0.1) is 31.0 Å². The van der Waals surface area contributed by atoms with Gasteiger partial charge in [-0.2, -0.15) is 0 Å². The van der Waals surface area contributed by atoms with Crippen LogP contribution in [0.25, 0.3) is 11.3 Å². The summed E-state index contributed by atoms with van der Waals surface area (Å²) in [7, 11) is 0. The first-order valence-electron chi connectivity index (χ1n) is 9.17. The van der Waals surface area contributed by atoms with Gasteiger partial charge in [-0.3, -0.25) is 4.79 Å². The predicted molar refractivity (Wildman–Crippen MR) is 98.1 cm³/mol. The first-order valence-corrected chi connectivity index (χ1v) is 9.17. The molecule has 0 bridgehead atoms. The van der Waals surface area contributed by atoms with Crippen molar-refractivity contribution in [2.24, 2.45) is 0 Å². The number of anilines is 1. The minimum absolute atomic E-state index is 0.0873. The molecule has 1 aromatic heterocycles. The van der Waals surface area contributed by atoms with Crippen LogP contribution in [0.2, 0.25) is 0 Å². The Bertz CT molecular complexity index is 908. The van der Waals surface area contributed by atoms with Crippen molar-refractivity contribution in [1.82, 2.24) is 15.3 Å². The van der Waals surface area contributed by atoms with E-state index in [4.69, 9.17) is 18.9 Å². The molecular weight excluding hydrogens is 364 g/mol. The number of hydrogen-bond acceptors (Lipinski definition) is 8. The number of fused-ring (bicyclic) bond motifs is 2. The fourth-order valence-electron chi connectivity index (χ4n) is 3.82. The van der Waals surface area contributed by atoms with Crippen LogP contribution in [0, 0.1) is 0 Å². The summed E-state index contributed by atoms with van der Waals surface area (Å²) >= 11 is 0. The highest BCUT2D eigenvalue weighted by molar-refractivity contribution is 5.73. The number of amides is 1. The molecule has 0 radical (unpaired) electrons. The fourth-order valence-corrected chi connectivity index (χ4v) is 3.82. The maximum absolute atomic E-state index is 11.3. The molecule has 1 amide bonds. The van der Waals surface area contributed by atoms with E-state index in [1.54, 1.807) is 6.20 Å². The quantitative estimate of drug-likeness (QED) is 0.803. The summed E-state index contributed by atoms with van der Waals surface area (Å²) < 4.78 is 22.5. The maximum Gasteiger partial charge on any atom is 0.231 e. The SMILES string of the molecule is CC(=O)N[C@H]1CO[C@H]2[C@@H]1OC[C@@H]2Nc1nccc(-c2ccc3c(c2)OCO3)n1. The summed E-state index contributed by atoms with van der Waals surface area (Å²) in [5.41, 5.74) is 1.69. The van der Waals surface area contributed by atoms with E-state index in [0.29, 0.717) is 24.9 Å². The lowest BCUT2D eigenvalue weighted by atomic mass is 10.1. The second-order valence-electron chi connectivity index (χ2n) is 6.99. The molecule has 9 heteroatoms. The maximum atomic E-state index is 11.3. The van der Waals surface area contributed by atoms with Crippen LogP contribution in [0.5, 0.6) is 11.5 Å². The molecule has 2 N–H and O–H groups in total. The van der Waals surface area contributed by atoms with Crippen LogP contribution >= 0.6 is 0 Å². The van der Waals surface area contributed by atoms with Crippen molar-refractivity contribution in [3.8, 4) is 22.8 Å². The van der Waals surface area contributed by atoms with Crippen LogP contribution in [0.3, 0.4) is 0 Å². The molecule has 1 aromatic carbocycles. The van der Waals surface area contributed by atoms with Gasteiger partial charge in [0, 0.05) is 18.7 Å². The molecule has 0 saturated carbocycles. The van der Waals surface area contributed by atoms with Gasteiger partial charge in [-0.25, -0.2) is 9.97 Å². The van der Waals surface area contributed by atoms with Gasteiger partial charge in [-0.05, 0) is 24.3 Å². The van der Waals surface area contributed by atoms with E-state index < -0.39 is 0 Å². The lowest BCUT2D eigenvalue weighted by Gasteiger charge is -2.18. The van der Waals surface area contributed by atoms with E-state index in [1.807, 2.05) is 24.3 Å². The number of nitrogens with one attached hydrogen (secondary N) is 2. The van der Waals surface area contributed by atoms with Crippen molar-refractivity contribution >= 4 is 11.9 Å². The van der Waals surface area contributed by atoms with Crippen molar-refractivity contribution in [3.63, 3.8) is 0 Å². The Morgan fingerprint density at radius 3 is 2.71 bits per heavy atom. The van der Waals surface area contributed by atoms with Crippen molar-refractivity contribution in [2.45, 2.75) is 31.2 Å². The molecule has 0 unspecified atom stereocenters. The third kappa shape index (κ3) is 3.12. The Balaban J connectivity index is 1.31. The summed E-state index contributed by atoms with van der Waals surface area (Å²) in [6.45, 7) is 2.63. The Morgan fingerprint density at radius 1 is 1.07 bits per heavy atom. The van der Waals surface area contributed by atoms with Gasteiger partial charge in [0.15, 0.2) is 11.5 Å². The van der Waals surface area contributed by atoms with Crippen molar-refractivity contribution in [1.29, 1.82) is 0 Å². The van der Waals surface area contributed by atoms with Gasteiger partial charge in [0.25, 0.3) is 0 Å². The van der Waals surface area contributed by atoms with Crippen molar-refractivity contribution < 1.29 is 23.7 Å². The van der Waals surface area contributed by atoms with E-state index in [9.17, 15) is 4.79 Å². The van der Waals surface area contributed by atoms with Gasteiger partial charge < -0.3 is 29.6 Å². The zero-order valence-electron chi connectivity index (χ0n) is 15.3. The van der Waals surface area contributed by atoms with Gasteiger partial charge >= 0.3 is 0 Å². The van der Waals surface area contributed by atoms with E-state index in [-0.39, 0.29) is 37.0 Å². The van der Waals surface area contributed by atoms with Gasteiger partial charge in [0.2, 0.25) is 18.6 Å². The minimum Gasteiger partial charge on any atom is -0.454 e. The van der Waals surface area contributed by atoms with E-state index in [1.165, 1.54) is 6.92 Å². The molecule has 2 fully saturated rings. The molecule has 2 saturated heterocycles. The van der Waals surface area contributed by atoms with E-state index in [2.05, 4.69) is 20.6 Å². The predicted octanol–water partition coefficient (Wildman–Crippen LogP) is 0.955. The topological polar surface area (TPSA) is 104 Å². The second kappa shape index (κ2) is 6.92. The molecule has 146 valence electrons. The highest BCUT2D eigenvalue weighted by Crippen LogP contribution is 2.35. The number of carbonyl (C=O) groups excluding carboxylic acids is 1. The van der Waals surface area contributed by atoms with Crippen molar-refractivity contribution in [3.05, 3.63) is 30.5 Å². The van der Waals surface area contributed by atoms with Crippen LogP contribution < -0.4 is 20.1 Å². The lowest BCUT2D eigenvalue weighted by Crippen LogP contribution is -2.44. The number of aromatic nitrogens is 2. The van der Waals surface area contributed by atoms with Crippen LogP contribution in [0.4, 0.5) is 5.95 Å². The molecule has 4 atom stereocenters. The van der Waals surface area contributed by atoms with Gasteiger partial charge in [0.1, 0.15) is 12.2 Å². The molecule has 2 aromatic rings.